The number of rotatable bonds is 6. The molecule has 34 heavy (non-hydrogen) atoms. The molecular formula is C26H38N2O5S. The first-order valence-corrected chi connectivity index (χ1v) is 13.8. The number of aliphatic hydroxyl groups excluding tert-OH is 1. The lowest BCUT2D eigenvalue weighted by Gasteiger charge is -2.37. The van der Waals surface area contributed by atoms with Gasteiger partial charge in [0.2, 0.25) is 15.9 Å². The fraction of sp³-hybridized carbons (Fsp3) is 0.654. The summed E-state index contributed by atoms with van der Waals surface area (Å²) in [5.74, 6) is 7.13. The highest BCUT2D eigenvalue weighted by molar-refractivity contribution is 7.89. The number of ether oxygens (including phenoxy) is 1. The zero-order valence-corrected chi connectivity index (χ0v) is 21.6. The Morgan fingerprint density at radius 3 is 2.68 bits per heavy atom. The maximum atomic E-state index is 13.5. The van der Waals surface area contributed by atoms with E-state index in [2.05, 4.69) is 11.8 Å². The average Bonchev–Trinajstić information content (AvgIpc) is 3.33. The Morgan fingerprint density at radius 1 is 1.32 bits per heavy atom. The van der Waals surface area contributed by atoms with E-state index in [1.807, 2.05) is 13.8 Å². The topological polar surface area (TPSA) is 87.2 Å². The van der Waals surface area contributed by atoms with Crippen LogP contribution in [0.3, 0.4) is 0 Å². The maximum Gasteiger partial charge on any atom is 0.247 e. The molecule has 1 N–H and O–H groups in total. The summed E-state index contributed by atoms with van der Waals surface area (Å²) in [6.07, 6.45) is 5.82. The van der Waals surface area contributed by atoms with Crippen molar-refractivity contribution in [2.24, 2.45) is 11.8 Å². The van der Waals surface area contributed by atoms with Gasteiger partial charge in [-0.25, -0.2) is 8.42 Å². The first-order valence-electron chi connectivity index (χ1n) is 12.3. The molecule has 2 aliphatic rings. The van der Waals surface area contributed by atoms with Gasteiger partial charge in [0.05, 0.1) is 13.2 Å². The Morgan fingerprint density at radius 2 is 2.03 bits per heavy atom. The summed E-state index contributed by atoms with van der Waals surface area (Å²) in [6, 6.07) is 4.38. The van der Waals surface area contributed by atoms with Gasteiger partial charge in [0.25, 0.3) is 0 Å². The summed E-state index contributed by atoms with van der Waals surface area (Å²) in [6.45, 7) is 5.66. The van der Waals surface area contributed by atoms with Crippen LogP contribution in [0.1, 0.15) is 64.9 Å². The van der Waals surface area contributed by atoms with Gasteiger partial charge in [-0.15, -0.1) is 0 Å². The number of carbonyl (C=O) groups excluding carboxylic acids is 1. The molecule has 1 saturated carbocycles. The van der Waals surface area contributed by atoms with Crippen LogP contribution in [0.5, 0.6) is 5.75 Å². The number of fused-ring (bicyclic) bond motifs is 1. The van der Waals surface area contributed by atoms with Crippen molar-refractivity contribution in [3.8, 4) is 17.6 Å². The molecule has 1 fully saturated rings. The van der Waals surface area contributed by atoms with Gasteiger partial charge in [-0.3, -0.25) is 4.79 Å². The van der Waals surface area contributed by atoms with E-state index in [9.17, 15) is 18.3 Å². The van der Waals surface area contributed by atoms with Crippen molar-refractivity contribution in [2.75, 3.05) is 26.7 Å². The molecule has 0 spiro atoms. The quantitative estimate of drug-likeness (QED) is 0.619. The molecule has 1 aliphatic carbocycles. The normalized spacial score (nSPS) is 23.6. The molecule has 1 aliphatic heterocycles. The van der Waals surface area contributed by atoms with E-state index in [1.54, 1.807) is 37.1 Å². The van der Waals surface area contributed by atoms with E-state index < -0.39 is 22.2 Å². The number of aliphatic hydroxyl groups is 1. The molecule has 3 rings (SSSR count). The van der Waals surface area contributed by atoms with Gasteiger partial charge in [-0.05, 0) is 43.9 Å². The van der Waals surface area contributed by atoms with E-state index in [-0.39, 0.29) is 35.6 Å². The molecule has 7 nitrogen and oxygen atoms in total. The SMILES string of the molecule is CCC(=O)N(C)C[C@@H]1Oc2cc(C#CCC3CCCC3)ccc2S(=O)(=O)N([C@H](C)CO)C[C@H]1C. The van der Waals surface area contributed by atoms with E-state index in [4.69, 9.17) is 4.74 Å². The molecule has 1 amide bonds. The van der Waals surface area contributed by atoms with Crippen LogP contribution in [0.25, 0.3) is 0 Å². The van der Waals surface area contributed by atoms with E-state index in [1.165, 1.54) is 30.0 Å². The Balaban J connectivity index is 1.97. The van der Waals surface area contributed by atoms with Crippen molar-refractivity contribution in [3.05, 3.63) is 23.8 Å². The van der Waals surface area contributed by atoms with Crippen LogP contribution in [0.2, 0.25) is 0 Å². The number of amides is 1. The standard InChI is InChI=1S/C26H38N2O5S/c1-5-26(30)27(4)17-24-19(2)16-28(20(3)18-29)34(31,32)25-14-13-22(15-23(25)33-24)12-8-11-21-9-6-7-10-21/h13-15,19-21,24,29H,5-7,9-11,16-18H2,1-4H3/t19-,20-,24+/m1/s1. The Kier molecular flexibility index (Phi) is 9.02. The summed E-state index contributed by atoms with van der Waals surface area (Å²) in [5.41, 5.74) is 0.707. The van der Waals surface area contributed by atoms with Gasteiger partial charge in [0.1, 0.15) is 16.7 Å². The number of nitrogens with zero attached hydrogens (tertiary/aromatic N) is 2. The summed E-state index contributed by atoms with van der Waals surface area (Å²) in [5, 5.41) is 9.75. The Labute approximate surface area is 204 Å². The monoisotopic (exact) mass is 490 g/mol. The molecular weight excluding hydrogens is 452 g/mol. The number of benzene rings is 1. The molecule has 1 aromatic carbocycles. The van der Waals surface area contributed by atoms with Crippen molar-refractivity contribution in [2.45, 2.75) is 76.3 Å². The van der Waals surface area contributed by atoms with Crippen LogP contribution in [0, 0.1) is 23.7 Å². The second-order valence-corrected chi connectivity index (χ2v) is 11.5. The third-order valence-corrected chi connectivity index (χ3v) is 8.97. The predicted molar refractivity (Wildman–Crippen MR) is 132 cm³/mol. The first kappa shape index (κ1) is 26.5. The van der Waals surface area contributed by atoms with Crippen molar-refractivity contribution in [1.29, 1.82) is 0 Å². The fourth-order valence-electron chi connectivity index (χ4n) is 4.67. The summed E-state index contributed by atoms with van der Waals surface area (Å²) in [4.78, 5) is 13.9. The third-order valence-electron chi connectivity index (χ3n) is 6.95. The molecule has 0 saturated heterocycles. The minimum Gasteiger partial charge on any atom is -0.487 e. The Hall–Kier alpha value is -2.08. The highest BCUT2D eigenvalue weighted by Crippen LogP contribution is 2.34. The average molecular weight is 491 g/mol. The van der Waals surface area contributed by atoms with E-state index in [0.29, 0.717) is 24.4 Å². The lowest BCUT2D eigenvalue weighted by Crippen LogP contribution is -2.50. The number of hydrogen-bond donors (Lipinski definition) is 1. The van der Waals surface area contributed by atoms with Gasteiger partial charge in [-0.2, -0.15) is 4.31 Å². The zero-order chi connectivity index (χ0) is 24.9. The number of hydrogen-bond acceptors (Lipinski definition) is 5. The van der Waals surface area contributed by atoms with Gasteiger partial charge in [-0.1, -0.05) is 38.5 Å². The highest BCUT2D eigenvalue weighted by Gasteiger charge is 2.38. The molecule has 0 radical (unpaired) electrons. The minimum absolute atomic E-state index is 0.00202. The van der Waals surface area contributed by atoms with Gasteiger partial charge < -0.3 is 14.7 Å². The Bertz CT molecular complexity index is 1020. The molecule has 1 aromatic rings. The van der Waals surface area contributed by atoms with Crippen LogP contribution in [0.15, 0.2) is 23.1 Å². The predicted octanol–water partition coefficient (Wildman–Crippen LogP) is 3.26. The first-order chi connectivity index (χ1) is 16.2. The molecule has 0 bridgehead atoms. The number of likely N-dealkylation sites (N-methyl/N-ethyl adjacent to an activating group) is 1. The van der Waals surface area contributed by atoms with Crippen LogP contribution in [0.4, 0.5) is 0 Å². The summed E-state index contributed by atoms with van der Waals surface area (Å²) >= 11 is 0. The van der Waals surface area contributed by atoms with Gasteiger partial charge >= 0.3 is 0 Å². The maximum absolute atomic E-state index is 13.5. The van der Waals surface area contributed by atoms with Crippen molar-refractivity contribution in [3.63, 3.8) is 0 Å². The third kappa shape index (κ3) is 6.12. The van der Waals surface area contributed by atoms with Gasteiger partial charge in [0, 0.05) is 44.0 Å². The highest BCUT2D eigenvalue weighted by atomic mass is 32.2. The lowest BCUT2D eigenvalue weighted by molar-refractivity contribution is -0.131. The molecule has 0 aromatic heterocycles. The fourth-order valence-corrected chi connectivity index (χ4v) is 6.50. The van der Waals surface area contributed by atoms with Crippen LogP contribution in [-0.2, 0) is 14.8 Å². The second-order valence-electron chi connectivity index (χ2n) is 9.69. The number of carbonyl (C=O) groups is 1. The largest absolute Gasteiger partial charge is 0.487 e. The van der Waals surface area contributed by atoms with Crippen LogP contribution >= 0.6 is 0 Å². The lowest BCUT2D eigenvalue weighted by atomic mass is 10.0. The molecule has 3 atom stereocenters. The van der Waals surface area contributed by atoms with E-state index in [0.717, 1.165) is 6.42 Å². The van der Waals surface area contributed by atoms with E-state index >= 15 is 0 Å². The zero-order valence-electron chi connectivity index (χ0n) is 20.8. The molecule has 0 unspecified atom stereocenters. The summed E-state index contributed by atoms with van der Waals surface area (Å²) < 4.78 is 34.7. The minimum atomic E-state index is -3.89. The van der Waals surface area contributed by atoms with Gasteiger partial charge in [0.15, 0.2) is 0 Å². The smallest absolute Gasteiger partial charge is 0.247 e. The second kappa shape index (κ2) is 11.6. The van der Waals surface area contributed by atoms with Crippen LogP contribution < -0.4 is 4.74 Å². The van der Waals surface area contributed by atoms with Crippen LogP contribution in [-0.4, -0.2) is 67.5 Å². The van der Waals surface area contributed by atoms with Crippen molar-refractivity contribution < 1.29 is 23.1 Å². The van der Waals surface area contributed by atoms with Crippen molar-refractivity contribution >= 4 is 15.9 Å². The molecule has 8 heteroatoms. The summed E-state index contributed by atoms with van der Waals surface area (Å²) in [7, 11) is -2.16. The number of sulfonamides is 1. The van der Waals surface area contributed by atoms with Crippen molar-refractivity contribution in [1.82, 2.24) is 9.21 Å². The molecule has 1 heterocycles. The molecule has 188 valence electrons.